The zero-order valence-electron chi connectivity index (χ0n) is 13.5. The van der Waals surface area contributed by atoms with E-state index < -0.39 is 5.57 Å². The van der Waals surface area contributed by atoms with Crippen molar-refractivity contribution in [1.29, 1.82) is 0 Å². The van der Waals surface area contributed by atoms with E-state index in [0.717, 1.165) is 16.5 Å². The molecule has 4 heteroatoms. The quantitative estimate of drug-likeness (QED) is 0.147. The Hall–Kier alpha value is -0.901. The zero-order chi connectivity index (χ0) is 16.1. The molecule has 0 bridgehead atoms. The molecule has 0 heterocycles. The van der Waals surface area contributed by atoms with Crippen molar-refractivity contribution in [3.63, 3.8) is 0 Å². The molecule has 0 aliphatic carbocycles. The fourth-order valence-electron chi connectivity index (χ4n) is 2.90. The van der Waals surface area contributed by atoms with Crippen LogP contribution in [0.15, 0.2) is 91.0 Å². The van der Waals surface area contributed by atoms with Crippen LogP contribution in [-0.2, 0) is 0 Å². The first-order valence-electron chi connectivity index (χ1n) is 7.73. The normalized spacial score (nSPS) is 11.7. The molecule has 0 radical (unpaired) electrons. The van der Waals surface area contributed by atoms with Crippen molar-refractivity contribution in [2.45, 2.75) is 0 Å². The van der Waals surface area contributed by atoms with Gasteiger partial charge in [-0.15, -0.1) is 0 Å². The molecule has 0 N–H and O–H groups in total. The van der Waals surface area contributed by atoms with Gasteiger partial charge >= 0.3 is 158 Å². The summed E-state index contributed by atoms with van der Waals surface area (Å²) < 4.78 is 2.58. The van der Waals surface area contributed by atoms with Gasteiger partial charge in [-0.2, -0.15) is 0 Å². The average molecular weight is 444 g/mol. The van der Waals surface area contributed by atoms with Gasteiger partial charge in [-0.1, -0.05) is 0 Å². The first kappa shape index (κ1) is 16.9. The van der Waals surface area contributed by atoms with E-state index in [4.69, 9.17) is 0 Å². The van der Waals surface area contributed by atoms with Crippen LogP contribution >= 0.6 is 0 Å². The summed E-state index contributed by atoms with van der Waals surface area (Å²) in [4.78, 5) is 0. The van der Waals surface area contributed by atoms with Crippen molar-refractivity contribution >= 4 is 37.6 Å². The molecule has 0 unspecified atom stereocenters. The molecule has 0 saturated carbocycles. The van der Waals surface area contributed by atoms with Crippen molar-refractivity contribution in [2.75, 3.05) is 7.05 Å². The molecule has 0 fully saturated rings. The van der Waals surface area contributed by atoms with Crippen molar-refractivity contribution in [3.8, 4) is 0 Å². The maximum atomic E-state index is 2.58. The molecule has 116 valence electrons. The van der Waals surface area contributed by atoms with Crippen LogP contribution in [0.3, 0.4) is 0 Å². The topological polar surface area (TPSA) is 3.24 Å². The summed E-state index contributed by atoms with van der Waals surface area (Å²) in [7, 11) is 2.29. The third-order valence-electron chi connectivity index (χ3n) is 3.81. The molecule has 0 aliphatic heterocycles. The fourth-order valence-corrected chi connectivity index (χ4v) is 21.8. The van der Waals surface area contributed by atoms with Crippen LogP contribution in [-0.4, -0.2) is 31.2 Å². The summed E-state index contributed by atoms with van der Waals surface area (Å²) in [6, 6.07) is 33.6. The molecule has 23 heavy (non-hydrogen) atoms. The van der Waals surface area contributed by atoms with Crippen molar-refractivity contribution in [3.05, 3.63) is 91.0 Å². The Morgan fingerprint density at radius 1 is 0.652 bits per heavy atom. The van der Waals surface area contributed by atoms with Crippen LogP contribution in [0.25, 0.3) is 0 Å². The second kappa shape index (κ2) is 7.78. The molecule has 0 aromatic heterocycles. The number of hydrogen-bond donors (Lipinski definition) is 0. The number of nitrogens with zero attached hydrogens (tertiary/aromatic N) is 1. The number of hydrogen-bond acceptors (Lipinski definition) is 1. The molecule has 1 nitrogen and oxygen atoms in total. The number of benzene rings is 3. The fraction of sp³-hybridized carbons (Fsp3) is 0.0526. The standard InChI is InChI=1S/C19H18INSi.Al.2H/c1-21-20-22(17-11-5-2-6-12-17,18-13-7-3-8-14-18)19-15-9-4-10-16-19;;;/h2-16H,1H3;;;/q-2;+1;;. The molecule has 0 amide bonds. The molecule has 3 aromatic rings. The van der Waals surface area contributed by atoms with Crippen LogP contribution in [0.5, 0.6) is 0 Å². The Bertz CT molecular complexity index is 638. The summed E-state index contributed by atoms with van der Waals surface area (Å²) in [6.07, 6.45) is 0. The van der Waals surface area contributed by atoms with E-state index in [9.17, 15) is 0 Å². The minimum absolute atomic E-state index is 0.0894. The van der Waals surface area contributed by atoms with Crippen molar-refractivity contribution in [1.82, 2.24) is 2.10 Å². The van der Waals surface area contributed by atoms with Crippen LogP contribution in [0.1, 0.15) is 0 Å². The third-order valence-corrected chi connectivity index (χ3v) is 21.9. The van der Waals surface area contributed by atoms with Gasteiger partial charge in [-0.25, -0.2) is 0 Å². The van der Waals surface area contributed by atoms with Gasteiger partial charge in [0.15, 0.2) is 0 Å². The minimum atomic E-state index is -1.92. The Balaban J connectivity index is 2.30. The van der Waals surface area contributed by atoms with Gasteiger partial charge in [-0.3, -0.25) is 0 Å². The van der Waals surface area contributed by atoms with Gasteiger partial charge in [0.2, 0.25) is 0 Å². The monoisotopic (exact) mass is 444 g/mol. The number of rotatable bonds is 5. The van der Waals surface area contributed by atoms with Gasteiger partial charge in [0.1, 0.15) is 0 Å². The Kier molecular flexibility index (Phi) is 5.73. The van der Waals surface area contributed by atoms with E-state index in [0.29, 0.717) is 0 Å². The van der Waals surface area contributed by atoms with Gasteiger partial charge < -0.3 is 0 Å². The predicted octanol–water partition coefficient (Wildman–Crippen LogP) is -1.86. The van der Waals surface area contributed by atoms with Crippen LogP contribution in [0.4, 0.5) is 0 Å². The van der Waals surface area contributed by atoms with Gasteiger partial charge in [-0.05, 0) is 0 Å². The molecule has 0 spiro atoms. The molecular weight excluding hydrogens is 424 g/mol. The molecule has 3 aromatic carbocycles. The SMILES string of the molecule is C[N]([AlH2])[I-][Si](c1ccccc1)(c1ccccc1)c1ccccc1. The molecule has 3 rings (SSSR count). The molecule has 0 saturated heterocycles. The Morgan fingerprint density at radius 2 is 0.957 bits per heavy atom. The molecular formula is C19H20AlINSi-. The number of halogens is 1. The Morgan fingerprint density at radius 3 is 1.22 bits per heavy atom. The Labute approximate surface area is 157 Å². The summed E-state index contributed by atoms with van der Waals surface area (Å²) in [5.41, 5.74) is -1.92. The second-order valence-electron chi connectivity index (χ2n) is 5.63. The van der Waals surface area contributed by atoms with Gasteiger partial charge in [0.25, 0.3) is 0 Å². The van der Waals surface area contributed by atoms with Crippen molar-refractivity contribution < 1.29 is 20.7 Å². The van der Waals surface area contributed by atoms with E-state index in [1.165, 1.54) is 15.6 Å². The van der Waals surface area contributed by atoms with Crippen molar-refractivity contribution in [2.24, 2.45) is 0 Å². The van der Waals surface area contributed by atoms with E-state index in [1.54, 1.807) is 0 Å². The zero-order valence-corrected chi connectivity index (χ0v) is 18.6. The van der Waals surface area contributed by atoms with Crippen LogP contribution < -0.4 is 36.2 Å². The van der Waals surface area contributed by atoms with Crippen LogP contribution in [0.2, 0.25) is 0 Å². The average Bonchev–Trinajstić information content (AvgIpc) is 2.62. The van der Waals surface area contributed by atoms with E-state index in [-0.39, 0.29) is 20.7 Å². The second-order valence-corrected chi connectivity index (χ2v) is 20.2. The predicted molar refractivity (Wildman–Crippen MR) is 100 cm³/mol. The maximum absolute atomic E-state index is 2.58. The first-order valence-corrected chi connectivity index (χ1v) is 14.7. The van der Waals surface area contributed by atoms with E-state index in [2.05, 4.69) is 100 Å². The molecule has 0 aliphatic rings. The van der Waals surface area contributed by atoms with Gasteiger partial charge in [0, 0.05) is 0 Å². The summed E-state index contributed by atoms with van der Waals surface area (Å²) in [6.45, 7) is 0. The van der Waals surface area contributed by atoms with E-state index >= 15 is 0 Å². The van der Waals surface area contributed by atoms with Crippen LogP contribution in [0, 0.1) is 0 Å². The summed E-state index contributed by atoms with van der Waals surface area (Å²) >= 11 is 1.03. The third kappa shape index (κ3) is 3.62. The first-order chi connectivity index (χ1) is 11.2. The summed E-state index contributed by atoms with van der Waals surface area (Å²) in [5, 5.41) is 4.61. The van der Waals surface area contributed by atoms with Gasteiger partial charge in [0.05, 0.1) is 0 Å². The summed E-state index contributed by atoms with van der Waals surface area (Å²) in [5.74, 6) is 0. The van der Waals surface area contributed by atoms with E-state index in [1.807, 2.05) is 0 Å². The molecule has 0 atom stereocenters.